The summed E-state index contributed by atoms with van der Waals surface area (Å²) in [6.45, 7) is 5.93. The fraction of sp³-hybridized carbons (Fsp3) is 0.261. The molecule has 2 aromatic carbocycles. The Morgan fingerprint density at radius 2 is 1.88 bits per heavy atom. The largest absolute Gasteiger partial charge is 0.353 e. The van der Waals surface area contributed by atoms with E-state index < -0.39 is 0 Å². The van der Waals surface area contributed by atoms with E-state index in [-0.39, 0.29) is 5.91 Å². The minimum atomic E-state index is 0.160. The molecule has 10 nitrogen and oxygen atoms in total. The summed E-state index contributed by atoms with van der Waals surface area (Å²) in [6.07, 6.45) is 0. The third kappa shape index (κ3) is 3.64. The third-order valence-electron chi connectivity index (χ3n) is 6.33. The quantitative estimate of drug-likeness (QED) is 0.394. The average molecular weight is 441 g/mol. The van der Waals surface area contributed by atoms with Gasteiger partial charge >= 0.3 is 0 Å². The summed E-state index contributed by atoms with van der Waals surface area (Å²) in [5, 5.41) is 24.0. The number of carbonyl (C=O) groups excluding carboxylic acids is 1. The van der Waals surface area contributed by atoms with Crippen LogP contribution in [0.4, 0.5) is 0 Å². The molecular weight excluding hydrogens is 418 g/mol. The van der Waals surface area contributed by atoms with Gasteiger partial charge in [-0.15, -0.1) is 10.2 Å². The number of piperazine rings is 1. The summed E-state index contributed by atoms with van der Waals surface area (Å²) in [4.78, 5) is 19.4. The predicted molar refractivity (Wildman–Crippen MR) is 124 cm³/mol. The topological polar surface area (TPSA) is 122 Å². The molecule has 33 heavy (non-hydrogen) atoms. The van der Waals surface area contributed by atoms with Crippen molar-refractivity contribution >= 4 is 27.7 Å². The van der Waals surface area contributed by atoms with Crippen LogP contribution in [0.5, 0.6) is 0 Å². The third-order valence-corrected chi connectivity index (χ3v) is 6.33. The van der Waals surface area contributed by atoms with Crippen LogP contribution < -0.4 is 0 Å². The molecule has 1 saturated heterocycles. The second kappa shape index (κ2) is 7.82. The number of fused-ring (bicyclic) bond motifs is 2. The summed E-state index contributed by atoms with van der Waals surface area (Å²) in [5.41, 5.74) is 5.97. The van der Waals surface area contributed by atoms with E-state index >= 15 is 0 Å². The monoisotopic (exact) mass is 441 g/mol. The molecule has 5 aromatic rings. The van der Waals surface area contributed by atoms with Gasteiger partial charge in [0.1, 0.15) is 5.69 Å². The van der Waals surface area contributed by atoms with Crippen molar-refractivity contribution in [3.8, 4) is 22.8 Å². The fourth-order valence-electron chi connectivity index (χ4n) is 4.54. The molecule has 1 fully saturated rings. The number of benzene rings is 2. The van der Waals surface area contributed by atoms with Gasteiger partial charge in [0.2, 0.25) is 11.7 Å². The minimum Gasteiger partial charge on any atom is -0.353 e. The summed E-state index contributed by atoms with van der Waals surface area (Å²) < 4.78 is 0. The number of nitrogens with zero attached hydrogens (tertiary/aromatic N) is 6. The maximum Gasteiger partial charge on any atom is 0.219 e. The van der Waals surface area contributed by atoms with Gasteiger partial charge in [0.25, 0.3) is 0 Å². The van der Waals surface area contributed by atoms with Gasteiger partial charge in [-0.3, -0.25) is 14.8 Å². The van der Waals surface area contributed by atoms with Gasteiger partial charge in [0, 0.05) is 61.5 Å². The molecule has 6 rings (SSSR count). The lowest BCUT2D eigenvalue weighted by atomic mass is 10.1. The molecule has 0 saturated carbocycles. The number of aromatic nitrogens is 7. The smallest absolute Gasteiger partial charge is 0.219 e. The maximum atomic E-state index is 11.5. The molecule has 0 spiro atoms. The van der Waals surface area contributed by atoms with Crippen molar-refractivity contribution in [1.82, 2.24) is 45.6 Å². The molecular formula is C23H23N9O. The molecule has 0 unspecified atom stereocenters. The Bertz CT molecular complexity index is 1440. The zero-order chi connectivity index (χ0) is 22.4. The van der Waals surface area contributed by atoms with Crippen LogP contribution in [0.1, 0.15) is 12.5 Å². The molecule has 4 heterocycles. The Labute approximate surface area is 189 Å². The van der Waals surface area contributed by atoms with E-state index in [1.54, 1.807) is 6.92 Å². The molecule has 3 N–H and O–H groups in total. The Morgan fingerprint density at radius 1 is 1.00 bits per heavy atom. The highest BCUT2D eigenvalue weighted by atomic mass is 16.2. The number of hydrogen-bond acceptors (Lipinski definition) is 6. The van der Waals surface area contributed by atoms with Gasteiger partial charge in [-0.1, -0.05) is 12.1 Å². The van der Waals surface area contributed by atoms with Crippen LogP contribution >= 0.6 is 0 Å². The van der Waals surface area contributed by atoms with Gasteiger partial charge in [0.15, 0.2) is 0 Å². The zero-order valence-electron chi connectivity index (χ0n) is 18.2. The first-order valence-corrected chi connectivity index (χ1v) is 11.0. The summed E-state index contributed by atoms with van der Waals surface area (Å²) in [5.74, 6) is 0.710. The van der Waals surface area contributed by atoms with Crippen molar-refractivity contribution in [2.24, 2.45) is 0 Å². The number of hydrogen-bond donors (Lipinski definition) is 3. The highest BCUT2D eigenvalue weighted by Crippen LogP contribution is 2.31. The van der Waals surface area contributed by atoms with Gasteiger partial charge < -0.3 is 9.88 Å². The molecule has 166 valence electrons. The lowest BCUT2D eigenvalue weighted by molar-refractivity contribution is -0.130. The summed E-state index contributed by atoms with van der Waals surface area (Å²) in [6, 6.07) is 14.6. The van der Waals surface area contributed by atoms with Crippen LogP contribution in [0.15, 0.2) is 42.5 Å². The molecule has 1 aliphatic heterocycles. The Balaban J connectivity index is 1.25. The fourth-order valence-corrected chi connectivity index (χ4v) is 4.54. The number of tetrazole rings is 1. The predicted octanol–water partition coefficient (Wildman–Crippen LogP) is 2.56. The first-order valence-electron chi connectivity index (χ1n) is 11.0. The van der Waals surface area contributed by atoms with E-state index in [1.165, 1.54) is 5.56 Å². The molecule has 0 aliphatic carbocycles. The van der Waals surface area contributed by atoms with E-state index in [9.17, 15) is 4.79 Å². The zero-order valence-corrected chi connectivity index (χ0v) is 18.2. The number of H-pyrrole nitrogens is 3. The standard InChI is InChI=1S/C23H23N9O/c1-14(33)32-8-6-31(7-9-32)13-15-2-5-19-17(10-15)12-21(24-19)22-18-4-3-16(11-20(18)25-26-22)23-27-29-30-28-23/h2-5,10-12,24H,6-9,13H2,1H3,(H,25,26)(H,27,28,29,30). The normalized spacial score (nSPS) is 15.0. The lowest BCUT2D eigenvalue weighted by Gasteiger charge is -2.34. The number of aromatic amines is 3. The maximum absolute atomic E-state index is 11.5. The van der Waals surface area contributed by atoms with Crippen molar-refractivity contribution in [3.63, 3.8) is 0 Å². The SMILES string of the molecule is CC(=O)N1CCN(Cc2ccc3[nH]c(-c4n[nH]c5cc(-c6nn[nH]n6)ccc45)cc3c2)CC1. The van der Waals surface area contributed by atoms with Crippen LogP contribution in [0.2, 0.25) is 0 Å². The van der Waals surface area contributed by atoms with Crippen LogP contribution in [0.3, 0.4) is 0 Å². The Hall–Kier alpha value is -4.05. The van der Waals surface area contributed by atoms with Gasteiger partial charge in [-0.2, -0.15) is 10.3 Å². The highest BCUT2D eigenvalue weighted by Gasteiger charge is 2.19. The van der Waals surface area contributed by atoms with Gasteiger partial charge in [-0.25, -0.2) is 0 Å². The van der Waals surface area contributed by atoms with Gasteiger partial charge in [0.05, 0.1) is 11.2 Å². The van der Waals surface area contributed by atoms with Crippen molar-refractivity contribution < 1.29 is 4.79 Å². The van der Waals surface area contributed by atoms with E-state index in [2.05, 4.69) is 65.0 Å². The molecule has 0 bridgehead atoms. The van der Waals surface area contributed by atoms with Crippen LogP contribution in [0.25, 0.3) is 44.6 Å². The first kappa shape index (κ1) is 19.6. The molecule has 1 aliphatic rings. The van der Waals surface area contributed by atoms with Crippen molar-refractivity contribution in [1.29, 1.82) is 0 Å². The molecule has 0 atom stereocenters. The summed E-state index contributed by atoms with van der Waals surface area (Å²) >= 11 is 0. The minimum absolute atomic E-state index is 0.160. The average Bonchev–Trinajstić information content (AvgIpc) is 3.57. The van der Waals surface area contributed by atoms with Gasteiger partial charge in [-0.05, 0) is 41.1 Å². The molecule has 0 radical (unpaired) electrons. The van der Waals surface area contributed by atoms with E-state index in [1.807, 2.05) is 23.1 Å². The number of rotatable bonds is 4. The highest BCUT2D eigenvalue weighted by molar-refractivity contribution is 5.97. The molecule has 10 heteroatoms. The number of amides is 1. The van der Waals surface area contributed by atoms with Crippen LogP contribution in [-0.2, 0) is 11.3 Å². The molecule has 1 amide bonds. The second-order valence-corrected chi connectivity index (χ2v) is 8.45. The van der Waals surface area contributed by atoms with Crippen LogP contribution in [-0.4, -0.2) is 77.7 Å². The Morgan fingerprint density at radius 3 is 2.67 bits per heavy atom. The molecule has 3 aromatic heterocycles. The van der Waals surface area contributed by atoms with E-state index in [0.29, 0.717) is 5.82 Å². The summed E-state index contributed by atoms with van der Waals surface area (Å²) in [7, 11) is 0. The lowest BCUT2D eigenvalue weighted by Crippen LogP contribution is -2.47. The van der Waals surface area contributed by atoms with E-state index in [0.717, 1.165) is 71.5 Å². The second-order valence-electron chi connectivity index (χ2n) is 8.45. The number of nitrogens with one attached hydrogen (secondary N) is 3. The van der Waals surface area contributed by atoms with Crippen molar-refractivity contribution in [3.05, 3.63) is 48.0 Å². The first-order chi connectivity index (χ1) is 16.1. The van der Waals surface area contributed by atoms with Crippen molar-refractivity contribution in [2.75, 3.05) is 26.2 Å². The Kier molecular flexibility index (Phi) is 4.65. The van der Waals surface area contributed by atoms with Crippen LogP contribution in [0, 0.1) is 0 Å². The number of carbonyl (C=O) groups is 1. The van der Waals surface area contributed by atoms with Crippen molar-refractivity contribution in [2.45, 2.75) is 13.5 Å². The van der Waals surface area contributed by atoms with E-state index in [4.69, 9.17) is 0 Å².